The SMILES string of the molecule is N[C@@H](Cc1ccc(CCCCCC(=O)O)cc1)C(=O)O. The summed E-state index contributed by atoms with van der Waals surface area (Å²) in [5, 5.41) is 17.3. The van der Waals surface area contributed by atoms with Gasteiger partial charge in [0.15, 0.2) is 0 Å². The van der Waals surface area contributed by atoms with Gasteiger partial charge in [-0.05, 0) is 36.8 Å². The topological polar surface area (TPSA) is 101 Å². The molecule has 1 aromatic carbocycles. The van der Waals surface area contributed by atoms with Crippen molar-refractivity contribution in [3.05, 3.63) is 35.4 Å². The van der Waals surface area contributed by atoms with Crippen LogP contribution in [0.4, 0.5) is 0 Å². The van der Waals surface area contributed by atoms with Crippen molar-refractivity contribution in [3.63, 3.8) is 0 Å². The molecule has 0 spiro atoms. The highest BCUT2D eigenvalue weighted by atomic mass is 16.4. The Hall–Kier alpha value is -1.88. The van der Waals surface area contributed by atoms with Crippen molar-refractivity contribution in [2.24, 2.45) is 5.73 Å². The predicted octanol–water partition coefficient (Wildman–Crippen LogP) is 1.83. The van der Waals surface area contributed by atoms with Crippen LogP contribution in [-0.2, 0) is 22.4 Å². The minimum Gasteiger partial charge on any atom is -0.481 e. The first-order chi connectivity index (χ1) is 9.49. The minimum atomic E-state index is -0.993. The van der Waals surface area contributed by atoms with Crippen LogP contribution in [0.3, 0.4) is 0 Å². The molecule has 4 N–H and O–H groups in total. The number of aryl methyl sites for hydroxylation is 1. The molecule has 5 heteroatoms. The van der Waals surface area contributed by atoms with Crippen molar-refractivity contribution in [2.45, 2.75) is 44.6 Å². The zero-order valence-corrected chi connectivity index (χ0v) is 11.4. The molecule has 0 saturated carbocycles. The van der Waals surface area contributed by atoms with Crippen molar-refractivity contribution in [1.29, 1.82) is 0 Å². The highest BCUT2D eigenvalue weighted by Gasteiger charge is 2.11. The van der Waals surface area contributed by atoms with Gasteiger partial charge in [-0.1, -0.05) is 30.7 Å². The summed E-state index contributed by atoms with van der Waals surface area (Å²) in [6.07, 6.45) is 4.03. The first kappa shape index (κ1) is 16.2. The minimum absolute atomic E-state index is 0.228. The molecule has 0 aliphatic rings. The first-order valence-corrected chi connectivity index (χ1v) is 6.77. The molecule has 0 unspecified atom stereocenters. The summed E-state index contributed by atoms with van der Waals surface area (Å²) < 4.78 is 0. The highest BCUT2D eigenvalue weighted by molar-refractivity contribution is 5.73. The van der Waals surface area contributed by atoms with Gasteiger partial charge in [0.1, 0.15) is 6.04 Å². The zero-order chi connectivity index (χ0) is 15.0. The Morgan fingerprint density at radius 1 is 1.00 bits per heavy atom. The Balaban J connectivity index is 2.31. The van der Waals surface area contributed by atoms with Crippen LogP contribution in [-0.4, -0.2) is 28.2 Å². The van der Waals surface area contributed by atoms with Gasteiger partial charge in [0.25, 0.3) is 0 Å². The number of hydrogen-bond acceptors (Lipinski definition) is 3. The number of benzene rings is 1. The summed E-state index contributed by atoms with van der Waals surface area (Å²) >= 11 is 0. The molecule has 0 bridgehead atoms. The zero-order valence-electron chi connectivity index (χ0n) is 11.4. The summed E-state index contributed by atoms with van der Waals surface area (Å²) in [4.78, 5) is 21.0. The van der Waals surface area contributed by atoms with E-state index in [1.165, 1.54) is 5.56 Å². The Morgan fingerprint density at radius 3 is 2.15 bits per heavy atom. The standard InChI is InChI=1S/C15H21NO4/c16-13(15(19)20)10-12-8-6-11(7-9-12)4-2-1-3-5-14(17)18/h6-9,13H,1-5,10,16H2,(H,17,18)(H,19,20)/t13-/m0/s1. The van der Waals surface area contributed by atoms with Gasteiger partial charge in [-0.25, -0.2) is 0 Å². The molecule has 110 valence electrons. The average Bonchev–Trinajstić information content (AvgIpc) is 2.39. The van der Waals surface area contributed by atoms with Crippen molar-refractivity contribution >= 4 is 11.9 Å². The lowest BCUT2D eigenvalue weighted by Gasteiger charge is -2.07. The van der Waals surface area contributed by atoms with E-state index < -0.39 is 18.0 Å². The average molecular weight is 279 g/mol. The fourth-order valence-corrected chi connectivity index (χ4v) is 1.97. The summed E-state index contributed by atoms with van der Waals surface area (Å²) in [6.45, 7) is 0. The molecule has 0 aliphatic carbocycles. The van der Waals surface area contributed by atoms with Gasteiger partial charge in [-0.2, -0.15) is 0 Å². The maximum atomic E-state index is 10.7. The molecule has 1 atom stereocenters. The summed E-state index contributed by atoms with van der Waals surface area (Å²) in [5.41, 5.74) is 7.56. The second-order valence-corrected chi connectivity index (χ2v) is 4.92. The second-order valence-electron chi connectivity index (χ2n) is 4.92. The van der Waals surface area contributed by atoms with Gasteiger partial charge in [-0.15, -0.1) is 0 Å². The van der Waals surface area contributed by atoms with Gasteiger partial charge in [-0.3, -0.25) is 9.59 Å². The predicted molar refractivity (Wildman–Crippen MR) is 75.6 cm³/mol. The Morgan fingerprint density at radius 2 is 1.60 bits per heavy atom. The molecule has 0 aromatic heterocycles. The Bertz CT molecular complexity index is 442. The maximum absolute atomic E-state index is 10.7. The molecule has 0 radical (unpaired) electrons. The van der Waals surface area contributed by atoms with E-state index in [0.29, 0.717) is 12.8 Å². The third-order valence-corrected chi connectivity index (χ3v) is 3.15. The van der Waals surface area contributed by atoms with Gasteiger partial charge < -0.3 is 15.9 Å². The number of carboxylic acid groups (broad SMARTS) is 2. The molecule has 1 aromatic rings. The number of unbranched alkanes of at least 4 members (excludes halogenated alkanes) is 2. The fraction of sp³-hybridized carbons (Fsp3) is 0.467. The quantitative estimate of drug-likeness (QED) is 0.599. The third kappa shape index (κ3) is 6.33. The number of carbonyl (C=O) groups is 2. The van der Waals surface area contributed by atoms with Crippen LogP contribution in [0, 0.1) is 0 Å². The lowest BCUT2D eigenvalue weighted by atomic mass is 10.0. The summed E-state index contributed by atoms with van der Waals surface area (Å²) in [5.74, 6) is -1.74. The Kier molecular flexibility index (Phi) is 6.73. The molecule has 0 heterocycles. The first-order valence-electron chi connectivity index (χ1n) is 6.77. The molecule has 5 nitrogen and oxygen atoms in total. The van der Waals surface area contributed by atoms with E-state index in [-0.39, 0.29) is 6.42 Å². The molecule has 0 saturated heterocycles. The molecule has 0 amide bonds. The molecule has 0 fully saturated rings. The fourth-order valence-electron chi connectivity index (χ4n) is 1.97. The van der Waals surface area contributed by atoms with E-state index in [0.717, 1.165) is 24.8 Å². The van der Waals surface area contributed by atoms with E-state index in [9.17, 15) is 9.59 Å². The van der Waals surface area contributed by atoms with Crippen molar-refractivity contribution in [2.75, 3.05) is 0 Å². The number of rotatable bonds is 9. The van der Waals surface area contributed by atoms with E-state index in [1.807, 2.05) is 24.3 Å². The van der Waals surface area contributed by atoms with E-state index >= 15 is 0 Å². The van der Waals surface area contributed by atoms with Crippen molar-refractivity contribution in [1.82, 2.24) is 0 Å². The Labute approximate surface area is 118 Å². The van der Waals surface area contributed by atoms with Crippen molar-refractivity contribution in [3.8, 4) is 0 Å². The molecular formula is C15H21NO4. The van der Waals surface area contributed by atoms with Crippen LogP contribution in [0.15, 0.2) is 24.3 Å². The number of nitrogens with two attached hydrogens (primary N) is 1. The largest absolute Gasteiger partial charge is 0.481 e. The van der Waals surface area contributed by atoms with Crippen LogP contribution < -0.4 is 5.73 Å². The smallest absolute Gasteiger partial charge is 0.320 e. The van der Waals surface area contributed by atoms with E-state index in [2.05, 4.69) is 0 Å². The van der Waals surface area contributed by atoms with Crippen LogP contribution in [0.1, 0.15) is 36.8 Å². The summed E-state index contributed by atoms with van der Waals surface area (Å²) in [6, 6.07) is 6.88. The van der Waals surface area contributed by atoms with E-state index in [4.69, 9.17) is 15.9 Å². The normalized spacial score (nSPS) is 12.1. The molecular weight excluding hydrogens is 258 g/mol. The van der Waals surface area contributed by atoms with Gasteiger partial charge >= 0.3 is 11.9 Å². The van der Waals surface area contributed by atoms with Gasteiger partial charge in [0, 0.05) is 6.42 Å². The van der Waals surface area contributed by atoms with E-state index in [1.54, 1.807) is 0 Å². The molecule has 1 rings (SSSR count). The lowest BCUT2D eigenvalue weighted by Crippen LogP contribution is -2.32. The lowest BCUT2D eigenvalue weighted by molar-refractivity contribution is -0.139. The maximum Gasteiger partial charge on any atom is 0.320 e. The number of aliphatic carboxylic acids is 2. The highest BCUT2D eigenvalue weighted by Crippen LogP contribution is 2.11. The number of hydrogen-bond donors (Lipinski definition) is 3. The van der Waals surface area contributed by atoms with Crippen LogP contribution in [0.5, 0.6) is 0 Å². The number of carboxylic acids is 2. The third-order valence-electron chi connectivity index (χ3n) is 3.15. The van der Waals surface area contributed by atoms with Crippen LogP contribution in [0.25, 0.3) is 0 Å². The summed E-state index contributed by atoms with van der Waals surface area (Å²) in [7, 11) is 0. The monoisotopic (exact) mass is 279 g/mol. The van der Waals surface area contributed by atoms with Crippen molar-refractivity contribution < 1.29 is 19.8 Å². The molecule has 20 heavy (non-hydrogen) atoms. The van der Waals surface area contributed by atoms with Crippen LogP contribution >= 0.6 is 0 Å². The molecule has 0 aliphatic heterocycles. The van der Waals surface area contributed by atoms with Gasteiger partial charge in [0.2, 0.25) is 0 Å². The van der Waals surface area contributed by atoms with Crippen LogP contribution in [0.2, 0.25) is 0 Å². The second kappa shape index (κ2) is 8.32. The van der Waals surface area contributed by atoms with Gasteiger partial charge in [0.05, 0.1) is 0 Å².